The Bertz CT molecular complexity index is 5900. The second kappa shape index (κ2) is 53.5. The van der Waals surface area contributed by atoms with E-state index in [1.54, 1.807) is 46.0 Å². The molecule has 0 aliphatic carbocycles. The van der Waals surface area contributed by atoms with Crippen LogP contribution in [-0.4, -0.2) is 245 Å². The van der Waals surface area contributed by atoms with Crippen LogP contribution in [0, 0.1) is 11.3 Å². The fourth-order valence-corrected chi connectivity index (χ4v) is 13.3. The Kier molecular flexibility index (Phi) is 43.7. The van der Waals surface area contributed by atoms with E-state index in [2.05, 4.69) is 178 Å². The Hall–Kier alpha value is -13.2. The molecule has 33 nitrogen and oxygen atoms in total. The SMILES string of the molecule is C=CC(=O)Nc1cc(Cc2nccc(-c3nn(C(C)C)c4ccccc34)n2)c(OC)cc1N(C)CCN(C)C.C=CC(=O)Nc1cc(Cc2nccc(-c3nn(C(C)C)c4ccccc34)n2)c(OC)cc1N(C)CCN(C)C.C=CC(=O)OC(=O)C=C.CC#N.COc1cc(N(C)CCN(C)C)c(N)cc1Cc1nccc(-c2nn(C(C)C)c3ccccc23)n1.CS(=O)(=O)O.ClC(Cl)Cl. The first kappa shape index (κ1) is 110. The van der Waals surface area contributed by atoms with Crippen molar-refractivity contribution in [1.29, 1.82) is 5.26 Å². The predicted octanol–water partition coefficient (Wildman–Crippen LogP) is 16.3. The summed E-state index contributed by atoms with van der Waals surface area (Å²) in [5.74, 6) is 2.03. The molecule has 0 saturated heterocycles. The molecular weight excluding hydrogens is 1790 g/mol. The second-order valence-corrected chi connectivity index (χ2v) is 35.3. The third-order valence-corrected chi connectivity index (χ3v) is 19.7. The van der Waals surface area contributed by atoms with Gasteiger partial charge in [0.15, 0.2) is 4.30 Å². The molecule has 6 aromatic carbocycles. The maximum atomic E-state index is 12.3. The van der Waals surface area contributed by atoms with Crippen molar-refractivity contribution in [1.82, 2.24) is 73.9 Å². The number of hydrogen-bond donors (Lipinski definition) is 4. The van der Waals surface area contributed by atoms with Crippen LogP contribution in [0.3, 0.4) is 0 Å². The van der Waals surface area contributed by atoms with Crippen LogP contribution in [0.15, 0.2) is 197 Å². The van der Waals surface area contributed by atoms with E-state index in [9.17, 15) is 27.6 Å². The minimum atomic E-state index is -3.67. The van der Waals surface area contributed by atoms with Gasteiger partial charge in [-0.25, -0.2) is 39.5 Å². The summed E-state index contributed by atoms with van der Waals surface area (Å²) in [4.78, 5) is 85.9. The Labute approximate surface area is 800 Å². The van der Waals surface area contributed by atoms with Gasteiger partial charge in [-0.3, -0.25) is 28.2 Å². The van der Waals surface area contributed by atoms with Gasteiger partial charge in [-0.1, -0.05) is 116 Å². The minimum Gasteiger partial charge on any atom is -0.496 e. The van der Waals surface area contributed by atoms with Gasteiger partial charge in [-0.2, -0.15) is 29.0 Å². The molecule has 2 amide bonds. The molecule has 0 radical (unpaired) electrons. The number of likely N-dealkylation sites (N-methyl/N-ethyl adjacent to an activating group) is 6. The predicted molar refractivity (Wildman–Crippen MR) is 540 cm³/mol. The summed E-state index contributed by atoms with van der Waals surface area (Å²) in [6.45, 7) is 32.6. The monoisotopic (exact) mass is 1910 g/mol. The molecular formula is C97H123Cl3N22O11S. The number of nitrogens with zero attached hydrogens (tertiary/aromatic N) is 19. The minimum absolute atomic E-state index is 0.216. The number of carbonyl (C=O) groups excluding carboxylic acids is 4. The lowest BCUT2D eigenvalue weighted by Crippen LogP contribution is -2.29. The van der Waals surface area contributed by atoms with Gasteiger partial charge in [0, 0.05) is 187 Å². The second-order valence-electron chi connectivity index (χ2n) is 31.8. The van der Waals surface area contributed by atoms with Crippen molar-refractivity contribution in [3.63, 3.8) is 0 Å². The normalized spacial score (nSPS) is 10.9. The van der Waals surface area contributed by atoms with Crippen LogP contribution in [-0.2, 0) is 53.3 Å². The van der Waals surface area contributed by atoms with E-state index in [-0.39, 0.29) is 29.9 Å². The zero-order chi connectivity index (χ0) is 99.4. The topological polar surface area (TPSA) is 384 Å². The number of amides is 2. The Balaban J connectivity index is 0.000000278. The maximum Gasteiger partial charge on any atom is 0.338 e. The molecule has 12 aromatic rings. The number of halogens is 3. The maximum absolute atomic E-state index is 12.3. The number of rotatable bonds is 33. The summed E-state index contributed by atoms with van der Waals surface area (Å²) in [5.41, 5.74) is 21.9. The lowest BCUT2D eigenvalue weighted by molar-refractivity contribution is -0.152. The van der Waals surface area contributed by atoms with E-state index in [0.717, 1.165) is 158 Å². The number of aromatic nitrogens is 12. The molecule has 0 atom stereocenters. The number of nitrogen functional groups attached to an aromatic ring is 1. The first-order valence-corrected chi connectivity index (χ1v) is 45.6. The number of fused-ring (bicyclic) bond motifs is 3. The standard InChI is InChI=1S/2C30H37N7O2.C27H35N7O.C6H6O3.C2H3N.CHCl3.CH4O3S/c2*1-8-29(38)33-24-17-21(27(39-7)19-26(24)36(6)16-15-35(4)5)18-28-31-14-13-23(32-28)30-22-11-9-10-12-25(22)37(34-30)20(2)3;1-18(2)34-23-10-8-7-9-20(23)27(31-34)22-11-12-29-26(30-22)16-19-15-21(28)24(17-25(19)35-6)33(5)14-13-32(3)4;1-3-5(7)9-6(8)4-2;1-2-3;2-1(3)4;1-5(2,3)4/h2*8-14,17,19-20H,1,15-16,18H2,2-7H3,(H,33,38);7-12,15,17-18H,13-14,16,28H2,1-6H3;3-4H,1-2H2;1H3;1H;1H3,(H,2,3,4). The summed E-state index contributed by atoms with van der Waals surface area (Å²) >= 11 is 14.4. The first-order chi connectivity index (χ1) is 63.5. The highest BCUT2D eigenvalue weighted by molar-refractivity contribution is 7.85. The number of hydrogen-bond acceptors (Lipinski definition) is 27. The number of nitrogens with two attached hydrogens (primary N) is 1. The highest BCUT2D eigenvalue weighted by Crippen LogP contribution is 2.40. The van der Waals surface area contributed by atoms with E-state index < -0.39 is 26.4 Å². The van der Waals surface area contributed by atoms with Gasteiger partial charge in [0.05, 0.1) is 101 Å². The van der Waals surface area contributed by atoms with E-state index in [0.29, 0.717) is 71.6 Å². The van der Waals surface area contributed by atoms with Crippen molar-refractivity contribution in [2.75, 3.05) is 161 Å². The van der Waals surface area contributed by atoms with Crippen LogP contribution >= 0.6 is 34.8 Å². The molecule has 0 aliphatic heterocycles. The molecule has 134 heavy (non-hydrogen) atoms. The summed E-state index contributed by atoms with van der Waals surface area (Å²) < 4.78 is 52.5. The zero-order valence-corrected chi connectivity index (χ0v) is 82.9. The number of methoxy groups -OCH3 is 3. The van der Waals surface area contributed by atoms with Crippen LogP contribution in [0.5, 0.6) is 17.2 Å². The number of carbonyl (C=O) groups is 4. The van der Waals surface area contributed by atoms with Gasteiger partial charge in [-0.05, 0) is 151 Å². The number of para-hydroxylation sites is 3. The summed E-state index contributed by atoms with van der Waals surface area (Å²) in [5, 5.41) is 31.1. The van der Waals surface area contributed by atoms with Crippen molar-refractivity contribution in [2.24, 2.45) is 0 Å². The summed E-state index contributed by atoms with van der Waals surface area (Å²) in [6.07, 6.45) is 11.7. The highest BCUT2D eigenvalue weighted by Gasteiger charge is 2.25. The van der Waals surface area contributed by atoms with Crippen molar-refractivity contribution < 1.29 is 51.1 Å². The van der Waals surface area contributed by atoms with Gasteiger partial charge in [0.25, 0.3) is 10.1 Å². The van der Waals surface area contributed by atoms with Gasteiger partial charge in [-0.15, -0.1) is 0 Å². The fraction of sp³-hybridized carbons (Fsp3) is 0.340. The third kappa shape index (κ3) is 33.2. The first-order valence-electron chi connectivity index (χ1n) is 42.4. The molecule has 37 heteroatoms. The molecule has 12 rings (SSSR count). The zero-order valence-electron chi connectivity index (χ0n) is 79.8. The van der Waals surface area contributed by atoms with Gasteiger partial charge in [0.1, 0.15) is 51.8 Å². The number of nitrogens with one attached hydrogen (secondary N) is 2. The van der Waals surface area contributed by atoms with Crippen LogP contribution in [0.4, 0.5) is 34.1 Å². The van der Waals surface area contributed by atoms with E-state index in [4.69, 9.17) is 94.8 Å². The third-order valence-electron chi connectivity index (χ3n) is 19.7. The molecule has 0 bridgehead atoms. The Morgan fingerprint density at radius 2 is 0.746 bits per heavy atom. The molecule has 0 aliphatic rings. The number of esters is 2. The summed E-state index contributed by atoms with van der Waals surface area (Å²) in [6, 6.07) is 44.5. The van der Waals surface area contributed by atoms with Gasteiger partial charge >= 0.3 is 11.9 Å². The lowest BCUT2D eigenvalue weighted by atomic mass is 10.1. The van der Waals surface area contributed by atoms with Crippen molar-refractivity contribution in [2.45, 2.75) is 90.1 Å². The van der Waals surface area contributed by atoms with E-state index >= 15 is 0 Å². The molecule has 6 heterocycles. The smallest absolute Gasteiger partial charge is 0.338 e. The van der Waals surface area contributed by atoms with Crippen LogP contribution in [0.25, 0.3) is 66.9 Å². The number of alkyl halides is 3. The van der Waals surface area contributed by atoms with Crippen LogP contribution in [0.1, 0.15) is 101 Å². The molecule has 0 fully saturated rings. The number of benzene rings is 6. The fourth-order valence-electron chi connectivity index (χ4n) is 13.3. The number of nitriles is 1. The van der Waals surface area contributed by atoms with Crippen molar-refractivity contribution >= 4 is 136 Å². The van der Waals surface area contributed by atoms with E-state index in [1.807, 2.05) is 154 Å². The van der Waals surface area contributed by atoms with Crippen LogP contribution < -0.4 is 45.3 Å². The van der Waals surface area contributed by atoms with E-state index in [1.165, 1.54) is 19.1 Å². The number of anilines is 6. The quantitative estimate of drug-likeness (QED) is 0.00741. The average molecular weight is 1910 g/mol. The molecule has 5 N–H and O–H groups in total. The largest absolute Gasteiger partial charge is 0.496 e. The molecule has 0 saturated carbocycles. The van der Waals surface area contributed by atoms with Gasteiger partial charge in [0.2, 0.25) is 11.8 Å². The highest BCUT2D eigenvalue weighted by atomic mass is 35.6. The number of ether oxygens (including phenoxy) is 4. The van der Waals surface area contributed by atoms with Crippen molar-refractivity contribution in [3.8, 4) is 57.5 Å². The Morgan fingerprint density at radius 3 is 1.01 bits per heavy atom. The lowest BCUT2D eigenvalue weighted by Gasteiger charge is -2.25. The average Bonchev–Trinajstić information content (AvgIpc) is 1.44. The molecule has 714 valence electrons. The summed E-state index contributed by atoms with van der Waals surface area (Å²) in [7, 11) is 19.6. The van der Waals surface area contributed by atoms with Gasteiger partial charge < -0.3 is 64.7 Å². The van der Waals surface area contributed by atoms with Crippen molar-refractivity contribution in [3.05, 3.63) is 231 Å². The molecule has 0 unspecified atom stereocenters. The molecule has 6 aromatic heterocycles. The molecule has 0 spiro atoms. The van der Waals surface area contributed by atoms with Crippen LogP contribution in [0.2, 0.25) is 0 Å². The Morgan fingerprint density at radius 1 is 0.478 bits per heavy atom.